The topological polar surface area (TPSA) is 271 Å². The van der Waals surface area contributed by atoms with Crippen LogP contribution in [0.1, 0.15) is 24.0 Å². The summed E-state index contributed by atoms with van der Waals surface area (Å²) in [6.45, 7) is -0.498. The number of phenolic OH excluding ortho intramolecular Hbond substituents is 1. The number of H-pyrrole nitrogens is 1. The number of nitrogens with two attached hydrogens (primary N) is 3. The van der Waals surface area contributed by atoms with Gasteiger partial charge < -0.3 is 53.5 Å². The number of phenols is 1. The number of carboxylic acid groups (broad SMARTS) is 1. The van der Waals surface area contributed by atoms with Crippen molar-refractivity contribution in [3.63, 3.8) is 0 Å². The third kappa shape index (κ3) is 9.71. The molecule has 1 aromatic heterocycles. The van der Waals surface area contributed by atoms with E-state index in [2.05, 4.69) is 25.9 Å². The van der Waals surface area contributed by atoms with Crippen LogP contribution in [0.3, 0.4) is 0 Å². The molecular weight excluding hydrogens is 572 g/mol. The summed E-state index contributed by atoms with van der Waals surface area (Å²) in [7, 11) is 0. The molecule has 0 spiro atoms. The number of aliphatic imine (C=N–C) groups is 1. The molecule has 2 aromatic carbocycles. The second-order valence-corrected chi connectivity index (χ2v) is 10.2. The summed E-state index contributed by atoms with van der Waals surface area (Å²) in [5, 5.41) is 37.1. The second-order valence-electron chi connectivity index (χ2n) is 10.2. The van der Waals surface area contributed by atoms with Gasteiger partial charge in [0.1, 0.15) is 29.9 Å². The Hall–Kier alpha value is -5.15. The van der Waals surface area contributed by atoms with E-state index in [-0.39, 0.29) is 43.9 Å². The van der Waals surface area contributed by atoms with Crippen LogP contribution < -0.4 is 33.2 Å². The fraction of sp³-hybridized carbons (Fsp3) is 0.345. The van der Waals surface area contributed by atoms with Crippen molar-refractivity contribution in [1.82, 2.24) is 20.9 Å². The Bertz CT molecular complexity index is 1470. The maximum atomic E-state index is 13.6. The molecule has 236 valence electrons. The number of benzene rings is 2. The zero-order chi connectivity index (χ0) is 32.2. The molecule has 3 amide bonds. The number of nitrogens with zero attached hydrogens (tertiary/aromatic N) is 1. The van der Waals surface area contributed by atoms with Gasteiger partial charge in [0.15, 0.2) is 5.96 Å². The average molecular weight is 611 g/mol. The van der Waals surface area contributed by atoms with Crippen LogP contribution in [0.4, 0.5) is 0 Å². The number of aromatic hydroxyl groups is 1. The first kappa shape index (κ1) is 33.4. The van der Waals surface area contributed by atoms with E-state index in [1.807, 2.05) is 24.3 Å². The Morgan fingerprint density at radius 1 is 0.864 bits per heavy atom. The van der Waals surface area contributed by atoms with Crippen molar-refractivity contribution in [1.29, 1.82) is 0 Å². The monoisotopic (exact) mass is 610 g/mol. The van der Waals surface area contributed by atoms with Crippen molar-refractivity contribution in [2.75, 3.05) is 13.2 Å². The van der Waals surface area contributed by atoms with E-state index in [4.69, 9.17) is 17.2 Å². The first-order chi connectivity index (χ1) is 21.0. The van der Waals surface area contributed by atoms with Gasteiger partial charge in [-0.15, -0.1) is 0 Å². The summed E-state index contributed by atoms with van der Waals surface area (Å²) in [6, 6.07) is 8.14. The molecule has 4 unspecified atom stereocenters. The molecule has 15 heteroatoms. The summed E-state index contributed by atoms with van der Waals surface area (Å²) >= 11 is 0. The SMILES string of the molecule is NC(N)=NCCCC(NC(=O)C(N)CO)C(=O)NC(Cc1c[nH]c2ccccc12)C(=O)NC(Cc1ccc(O)cc1)C(=O)O. The van der Waals surface area contributed by atoms with Crippen LogP contribution >= 0.6 is 0 Å². The normalized spacial score (nSPS) is 13.7. The second kappa shape index (κ2) is 15.9. The smallest absolute Gasteiger partial charge is 0.326 e. The predicted octanol–water partition coefficient (Wildman–Crippen LogP) is -1.43. The predicted molar refractivity (Wildman–Crippen MR) is 162 cm³/mol. The van der Waals surface area contributed by atoms with Crippen molar-refractivity contribution >= 4 is 40.6 Å². The number of aliphatic carboxylic acids is 1. The molecular formula is C29H38N8O7. The van der Waals surface area contributed by atoms with Gasteiger partial charge in [0.05, 0.1) is 6.61 Å². The van der Waals surface area contributed by atoms with E-state index in [0.29, 0.717) is 11.1 Å². The molecule has 44 heavy (non-hydrogen) atoms. The minimum atomic E-state index is -1.35. The summed E-state index contributed by atoms with van der Waals surface area (Å²) in [5.41, 5.74) is 18.4. The molecule has 4 atom stereocenters. The van der Waals surface area contributed by atoms with Gasteiger partial charge in [0, 0.05) is 36.5 Å². The zero-order valence-electron chi connectivity index (χ0n) is 23.9. The molecule has 15 nitrogen and oxygen atoms in total. The number of carboxylic acids is 1. The van der Waals surface area contributed by atoms with Crippen molar-refractivity contribution < 1.29 is 34.5 Å². The number of amides is 3. The standard InChI is InChI=1S/C29H38N8O7/c30-20(15-38)25(40)35-22(6-3-11-33-29(31)32)26(41)36-23(13-17-14-34-21-5-2-1-4-19(17)21)27(42)37-24(28(43)44)12-16-7-9-18(39)10-8-16/h1-2,4-5,7-10,14,20,22-24,34,38-39H,3,6,11-13,15,30H2,(H,35,40)(H,36,41)(H,37,42)(H,43,44)(H4,31,32,33). The van der Waals surface area contributed by atoms with E-state index < -0.39 is 54.5 Å². The van der Waals surface area contributed by atoms with E-state index in [1.165, 1.54) is 24.3 Å². The largest absolute Gasteiger partial charge is 0.508 e. The molecule has 0 aliphatic heterocycles. The van der Waals surface area contributed by atoms with Crippen LogP contribution in [0.15, 0.2) is 59.7 Å². The van der Waals surface area contributed by atoms with E-state index in [0.717, 1.165) is 10.9 Å². The molecule has 0 aliphatic rings. The highest BCUT2D eigenvalue weighted by Gasteiger charge is 2.31. The number of nitrogens with one attached hydrogen (secondary N) is 4. The fourth-order valence-corrected chi connectivity index (χ4v) is 4.48. The lowest BCUT2D eigenvalue weighted by Gasteiger charge is -2.25. The molecule has 3 aromatic rings. The molecule has 0 aliphatic carbocycles. The Balaban J connectivity index is 1.86. The quantitative estimate of drug-likeness (QED) is 0.0513. The number of aromatic amines is 1. The number of hydrogen-bond donors (Lipinski definition) is 10. The first-order valence-corrected chi connectivity index (χ1v) is 13.9. The van der Waals surface area contributed by atoms with Crippen molar-refractivity contribution in [3.05, 3.63) is 65.9 Å². The summed E-state index contributed by atoms with van der Waals surface area (Å²) in [6.07, 6.45) is 1.93. The first-order valence-electron chi connectivity index (χ1n) is 13.9. The van der Waals surface area contributed by atoms with Gasteiger partial charge in [-0.05, 0) is 42.2 Å². The van der Waals surface area contributed by atoms with Crippen LogP contribution in [-0.4, -0.2) is 87.3 Å². The third-order valence-electron chi connectivity index (χ3n) is 6.83. The van der Waals surface area contributed by atoms with Crippen LogP contribution in [0.5, 0.6) is 5.75 Å². The minimum absolute atomic E-state index is 0.00561. The molecule has 0 saturated heterocycles. The highest BCUT2D eigenvalue weighted by atomic mass is 16.4. The zero-order valence-corrected chi connectivity index (χ0v) is 23.9. The maximum absolute atomic E-state index is 13.6. The van der Waals surface area contributed by atoms with Gasteiger partial charge >= 0.3 is 5.97 Å². The van der Waals surface area contributed by atoms with Crippen molar-refractivity contribution in [3.8, 4) is 5.75 Å². The number of hydrogen-bond acceptors (Lipinski definition) is 8. The Kier molecular flexibility index (Phi) is 12.1. The Labute approximate surface area is 252 Å². The third-order valence-corrected chi connectivity index (χ3v) is 6.83. The number of rotatable bonds is 16. The fourth-order valence-electron chi connectivity index (χ4n) is 4.48. The van der Waals surface area contributed by atoms with Crippen molar-refractivity contribution in [2.45, 2.75) is 49.9 Å². The van der Waals surface area contributed by atoms with Gasteiger partial charge in [0.2, 0.25) is 17.7 Å². The van der Waals surface area contributed by atoms with Crippen LogP contribution in [-0.2, 0) is 32.0 Å². The number of aromatic nitrogens is 1. The number of aliphatic hydroxyl groups excluding tert-OH is 1. The van der Waals surface area contributed by atoms with Gasteiger partial charge in [-0.1, -0.05) is 30.3 Å². The van der Waals surface area contributed by atoms with Crippen molar-refractivity contribution in [2.24, 2.45) is 22.2 Å². The average Bonchev–Trinajstić information content (AvgIpc) is 3.40. The number of aliphatic hydroxyl groups is 1. The molecule has 3 rings (SSSR count). The highest BCUT2D eigenvalue weighted by molar-refractivity contribution is 5.95. The summed E-state index contributed by atoms with van der Waals surface area (Å²) in [5.74, 6) is -3.73. The highest BCUT2D eigenvalue weighted by Crippen LogP contribution is 2.20. The van der Waals surface area contributed by atoms with E-state index in [9.17, 15) is 34.5 Å². The molecule has 0 saturated carbocycles. The molecule has 0 fully saturated rings. The van der Waals surface area contributed by atoms with Gasteiger partial charge in [0.25, 0.3) is 0 Å². The number of para-hydroxylation sites is 1. The lowest BCUT2D eigenvalue weighted by Crippen LogP contribution is -2.58. The van der Waals surface area contributed by atoms with Gasteiger partial charge in [-0.2, -0.15) is 0 Å². The molecule has 0 radical (unpaired) electrons. The number of fused-ring (bicyclic) bond motifs is 1. The van der Waals surface area contributed by atoms with Crippen LogP contribution in [0.25, 0.3) is 10.9 Å². The Morgan fingerprint density at radius 2 is 1.50 bits per heavy atom. The Morgan fingerprint density at radius 3 is 2.16 bits per heavy atom. The van der Waals surface area contributed by atoms with Crippen LogP contribution in [0.2, 0.25) is 0 Å². The molecule has 1 heterocycles. The lowest BCUT2D eigenvalue weighted by atomic mass is 10.0. The number of carbonyl (C=O) groups is 4. The minimum Gasteiger partial charge on any atom is -0.508 e. The summed E-state index contributed by atoms with van der Waals surface area (Å²) < 4.78 is 0. The maximum Gasteiger partial charge on any atom is 0.326 e. The number of carbonyl (C=O) groups excluding carboxylic acids is 3. The van der Waals surface area contributed by atoms with E-state index in [1.54, 1.807) is 6.20 Å². The summed E-state index contributed by atoms with van der Waals surface area (Å²) in [4.78, 5) is 58.7. The van der Waals surface area contributed by atoms with Gasteiger partial charge in [-0.25, -0.2) is 4.79 Å². The molecule has 13 N–H and O–H groups in total. The molecule has 0 bridgehead atoms. The number of guanidine groups is 1. The van der Waals surface area contributed by atoms with Gasteiger partial charge in [-0.3, -0.25) is 19.4 Å². The van der Waals surface area contributed by atoms with Crippen LogP contribution in [0, 0.1) is 0 Å². The van der Waals surface area contributed by atoms with E-state index >= 15 is 0 Å². The lowest BCUT2D eigenvalue weighted by molar-refractivity contribution is -0.142.